The van der Waals surface area contributed by atoms with Crippen molar-refractivity contribution in [1.82, 2.24) is 9.47 Å². The molecule has 1 fully saturated rings. The van der Waals surface area contributed by atoms with E-state index in [4.69, 9.17) is 9.47 Å². The molecular formula is C16H20N2O2. The third-order valence-electron chi connectivity index (χ3n) is 3.72. The first-order valence-corrected chi connectivity index (χ1v) is 6.88. The molecule has 3 rings (SSSR count). The molecule has 0 bridgehead atoms. The molecule has 0 N–H and O–H groups in total. The Hall–Kier alpha value is -1.94. The first-order valence-electron chi connectivity index (χ1n) is 6.88. The van der Waals surface area contributed by atoms with Crippen LogP contribution in [0.2, 0.25) is 0 Å². The summed E-state index contributed by atoms with van der Waals surface area (Å²) in [6, 6.07) is 12.0. The van der Waals surface area contributed by atoms with Crippen molar-refractivity contribution in [3.05, 3.63) is 48.3 Å². The van der Waals surface area contributed by atoms with E-state index in [1.165, 1.54) is 5.69 Å². The van der Waals surface area contributed by atoms with Crippen molar-refractivity contribution in [2.24, 2.45) is 7.05 Å². The Labute approximate surface area is 119 Å². The number of benzene rings is 1. The molecule has 0 saturated carbocycles. The van der Waals surface area contributed by atoms with E-state index in [1.807, 2.05) is 24.3 Å². The zero-order valence-electron chi connectivity index (χ0n) is 12.0. The molecule has 4 nitrogen and oxygen atoms in total. The van der Waals surface area contributed by atoms with Crippen LogP contribution < -0.4 is 9.47 Å². The zero-order chi connectivity index (χ0) is 13.9. The number of methoxy groups -OCH3 is 1. The first-order chi connectivity index (χ1) is 9.74. The van der Waals surface area contributed by atoms with Crippen LogP contribution in [-0.4, -0.2) is 35.8 Å². The van der Waals surface area contributed by atoms with Crippen molar-refractivity contribution >= 4 is 0 Å². The average Bonchev–Trinajstić information content (AvgIpc) is 2.82. The molecule has 0 radical (unpaired) electrons. The van der Waals surface area contributed by atoms with Gasteiger partial charge in [-0.3, -0.25) is 4.90 Å². The van der Waals surface area contributed by atoms with Crippen LogP contribution in [0.25, 0.3) is 0 Å². The van der Waals surface area contributed by atoms with Gasteiger partial charge in [0.15, 0.2) is 0 Å². The maximum absolute atomic E-state index is 5.93. The van der Waals surface area contributed by atoms with E-state index < -0.39 is 0 Å². The fourth-order valence-corrected chi connectivity index (χ4v) is 2.46. The lowest BCUT2D eigenvalue weighted by Gasteiger charge is -2.39. The largest absolute Gasteiger partial charge is 0.497 e. The van der Waals surface area contributed by atoms with Crippen molar-refractivity contribution in [3.8, 4) is 11.5 Å². The number of rotatable bonds is 5. The quantitative estimate of drug-likeness (QED) is 0.835. The summed E-state index contributed by atoms with van der Waals surface area (Å²) in [5, 5.41) is 0. The van der Waals surface area contributed by atoms with Gasteiger partial charge in [0.05, 0.1) is 7.11 Å². The number of aryl methyl sites for hydroxylation is 1. The van der Waals surface area contributed by atoms with Gasteiger partial charge < -0.3 is 14.0 Å². The van der Waals surface area contributed by atoms with Gasteiger partial charge in [0.25, 0.3) is 0 Å². The predicted octanol–water partition coefficient (Wildman–Crippen LogP) is 2.30. The number of hydrogen-bond donors (Lipinski definition) is 0. The monoisotopic (exact) mass is 272 g/mol. The number of likely N-dealkylation sites (tertiary alicyclic amines) is 1. The molecule has 1 saturated heterocycles. The average molecular weight is 272 g/mol. The van der Waals surface area contributed by atoms with Gasteiger partial charge in [-0.25, -0.2) is 0 Å². The smallest absolute Gasteiger partial charge is 0.124 e. The van der Waals surface area contributed by atoms with E-state index in [0.717, 1.165) is 31.1 Å². The summed E-state index contributed by atoms with van der Waals surface area (Å²) >= 11 is 0. The Kier molecular flexibility index (Phi) is 3.65. The highest BCUT2D eigenvalue weighted by molar-refractivity contribution is 5.31. The van der Waals surface area contributed by atoms with Crippen LogP contribution in [0.5, 0.6) is 11.5 Å². The number of hydrogen-bond acceptors (Lipinski definition) is 3. The molecule has 1 aliphatic heterocycles. The van der Waals surface area contributed by atoms with Crippen LogP contribution >= 0.6 is 0 Å². The van der Waals surface area contributed by atoms with Gasteiger partial charge >= 0.3 is 0 Å². The Balaban J connectivity index is 1.47. The number of nitrogens with zero attached hydrogens (tertiary/aromatic N) is 2. The minimum atomic E-state index is 0.295. The predicted molar refractivity (Wildman–Crippen MR) is 78.1 cm³/mol. The van der Waals surface area contributed by atoms with Gasteiger partial charge in [-0.1, -0.05) is 0 Å². The lowest BCUT2D eigenvalue weighted by atomic mass is 10.1. The Morgan fingerprint density at radius 2 is 1.80 bits per heavy atom. The molecule has 1 aliphatic rings. The molecule has 106 valence electrons. The molecule has 1 aromatic heterocycles. The Bertz CT molecular complexity index is 556. The third-order valence-corrected chi connectivity index (χ3v) is 3.72. The van der Waals surface area contributed by atoms with Crippen molar-refractivity contribution < 1.29 is 9.47 Å². The molecule has 0 aliphatic carbocycles. The summed E-state index contributed by atoms with van der Waals surface area (Å²) in [4.78, 5) is 2.39. The van der Waals surface area contributed by atoms with Crippen LogP contribution in [-0.2, 0) is 13.6 Å². The maximum Gasteiger partial charge on any atom is 0.124 e. The normalized spacial score (nSPS) is 15.9. The van der Waals surface area contributed by atoms with E-state index >= 15 is 0 Å². The second-order valence-electron chi connectivity index (χ2n) is 5.22. The summed E-state index contributed by atoms with van der Waals surface area (Å²) in [6.45, 7) is 2.96. The van der Waals surface area contributed by atoms with Crippen LogP contribution in [0.4, 0.5) is 0 Å². The van der Waals surface area contributed by atoms with Crippen LogP contribution in [0.15, 0.2) is 42.6 Å². The van der Waals surface area contributed by atoms with Crippen LogP contribution in [0.1, 0.15) is 5.69 Å². The van der Waals surface area contributed by atoms with Crippen LogP contribution in [0, 0.1) is 0 Å². The Morgan fingerprint density at radius 3 is 2.40 bits per heavy atom. The molecule has 1 aromatic carbocycles. The summed E-state index contributed by atoms with van der Waals surface area (Å²) < 4.78 is 13.2. The van der Waals surface area contributed by atoms with Crippen LogP contribution in [0.3, 0.4) is 0 Å². The molecule has 0 unspecified atom stereocenters. The Morgan fingerprint density at radius 1 is 1.10 bits per heavy atom. The molecule has 20 heavy (non-hydrogen) atoms. The van der Waals surface area contributed by atoms with Crippen molar-refractivity contribution in [2.75, 3.05) is 20.2 Å². The first kappa shape index (κ1) is 13.1. The van der Waals surface area contributed by atoms with Gasteiger partial charge in [-0.2, -0.15) is 0 Å². The SMILES string of the molecule is COc1ccc(OC2CN(Cc3cccn3C)C2)cc1. The molecular weight excluding hydrogens is 252 g/mol. The zero-order valence-corrected chi connectivity index (χ0v) is 12.0. The lowest BCUT2D eigenvalue weighted by molar-refractivity contribution is 0.0133. The summed E-state index contributed by atoms with van der Waals surface area (Å²) in [5.74, 6) is 1.77. The van der Waals surface area contributed by atoms with Gasteiger partial charge in [0, 0.05) is 38.6 Å². The maximum atomic E-state index is 5.93. The second-order valence-corrected chi connectivity index (χ2v) is 5.22. The van der Waals surface area contributed by atoms with E-state index in [9.17, 15) is 0 Å². The summed E-state index contributed by atoms with van der Waals surface area (Å²) in [5.41, 5.74) is 1.34. The molecule has 0 atom stereocenters. The van der Waals surface area contributed by atoms with Gasteiger partial charge in [-0.05, 0) is 36.4 Å². The highest BCUT2D eigenvalue weighted by atomic mass is 16.5. The topological polar surface area (TPSA) is 26.6 Å². The fourth-order valence-electron chi connectivity index (χ4n) is 2.46. The van der Waals surface area contributed by atoms with Crippen molar-refractivity contribution in [3.63, 3.8) is 0 Å². The van der Waals surface area contributed by atoms with E-state index in [0.29, 0.717) is 6.10 Å². The fraction of sp³-hybridized carbons (Fsp3) is 0.375. The second kappa shape index (κ2) is 5.59. The van der Waals surface area contributed by atoms with E-state index in [-0.39, 0.29) is 0 Å². The molecule has 2 heterocycles. The molecule has 0 amide bonds. The van der Waals surface area contributed by atoms with E-state index in [1.54, 1.807) is 7.11 Å². The number of aromatic nitrogens is 1. The molecule has 2 aromatic rings. The minimum Gasteiger partial charge on any atom is -0.497 e. The van der Waals surface area contributed by atoms with Gasteiger partial charge in [0.1, 0.15) is 17.6 Å². The van der Waals surface area contributed by atoms with Crippen molar-refractivity contribution in [1.29, 1.82) is 0 Å². The van der Waals surface area contributed by atoms with Gasteiger partial charge in [0.2, 0.25) is 0 Å². The highest BCUT2D eigenvalue weighted by Crippen LogP contribution is 2.22. The number of ether oxygens (including phenoxy) is 2. The van der Waals surface area contributed by atoms with Crippen molar-refractivity contribution in [2.45, 2.75) is 12.6 Å². The molecule has 0 spiro atoms. The molecule has 4 heteroatoms. The standard InChI is InChI=1S/C16H20N2O2/c1-17-9-3-4-13(17)10-18-11-16(12-18)20-15-7-5-14(19-2)6-8-15/h3-9,16H,10-12H2,1-2H3. The van der Waals surface area contributed by atoms with E-state index in [2.05, 4.69) is 34.8 Å². The minimum absolute atomic E-state index is 0.295. The summed E-state index contributed by atoms with van der Waals surface area (Å²) in [7, 11) is 3.75. The van der Waals surface area contributed by atoms with Gasteiger partial charge in [-0.15, -0.1) is 0 Å². The third kappa shape index (κ3) is 2.80. The summed E-state index contributed by atoms with van der Waals surface area (Å²) in [6.07, 6.45) is 2.38. The highest BCUT2D eigenvalue weighted by Gasteiger charge is 2.28. The lowest BCUT2D eigenvalue weighted by Crippen LogP contribution is -2.53.